The number of ether oxygens (including phenoxy) is 1. The summed E-state index contributed by atoms with van der Waals surface area (Å²) >= 11 is 0. The van der Waals surface area contributed by atoms with Gasteiger partial charge in [-0.3, -0.25) is 9.59 Å². The second-order valence-corrected chi connectivity index (χ2v) is 4.28. The summed E-state index contributed by atoms with van der Waals surface area (Å²) in [6.07, 6.45) is 6.32. The molecule has 0 aromatic rings. The first-order valence-corrected chi connectivity index (χ1v) is 6.80. The molecule has 0 N–H and O–H groups in total. The Morgan fingerprint density at radius 3 is 1.89 bits per heavy atom. The van der Waals surface area contributed by atoms with Gasteiger partial charge in [0.2, 0.25) is 5.91 Å². The molecule has 0 aliphatic rings. The maximum atomic E-state index is 10.8. The van der Waals surface area contributed by atoms with Gasteiger partial charge in [-0.25, -0.2) is 0 Å². The number of rotatable bonds is 7. The van der Waals surface area contributed by atoms with Crippen LogP contribution in [0.2, 0.25) is 0 Å². The van der Waals surface area contributed by atoms with Crippen LogP contribution in [0.5, 0.6) is 0 Å². The minimum atomic E-state index is -0.211. The van der Waals surface area contributed by atoms with Crippen molar-refractivity contribution in [2.45, 2.75) is 59.8 Å². The van der Waals surface area contributed by atoms with Gasteiger partial charge in [-0.15, -0.1) is 0 Å². The van der Waals surface area contributed by atoms with Gasteiger partial charge in [0.1, 0.15) is 0 Å². The molecule has 0 spiro atoms. The summed E-state index contributed by atoms with van der Waals surface area (Å²) in [6.45, 7) is 8.40. The summed E-state index contributed by atoms with van der Waals surface area (Å²) in [4.78, 5) is 22.4. The molecule has 0 unspecified atom stereocenters. The van der Waals surface area contributed by atoms with Gasteiger partial charge >= 0.3 is 5.97 Å². The van der Waals surface area contributed by atoms with Gasteiger partial charge < -0.3 is 9.64 Å². The fraction of sp³-hybridized carbons (Fsp3) is 0.857. The van der Waals surface area contributed by atoms with Gasteiger partial charge in [0.15, 0.2) is 0 Å². The average Bonchev–Trinajstić information content (AvgIpc) is 2.29. The smallest absolute Gasteiger partial charge is 0.302 e. The molecule has 0 atom stereocenters. The van der Waals surface area contributed by atoms with Crippen LogP contribution in [0.4, 0.5) is 0 Å². The van der Waals surface area contributed by atoms with E-state index in [1.165, 1.54) is 32.6 Å². The van der Waals surface area contributed by atoms with Crippen LogP contribution >= 0.6 is 0 Å². The molecular weight excluding hydrogens is 230 g/mol. The Morgan fingerprint density at radius 1 is 1.00 bits per heavy atom. The van der Waals surface area contributed by atoms with E-state index in [9.17, 15) is 9.59 Å². The molecule has 0 heterocycles. The lowest BCUT2D eigenvalue weighted by molar-refractivity contribution is -0.140. The zero-order valence-electron chi connectivity index (χ0n) is 12.6. The Morgan fingerprint density at radius 2 is 1.56 bits per heavy atom. The first-order chi connectivity index (χ1) is 8.45. The maximum Gasteiger partial charge on any atom is 0.302 e. The minimum absolute atomic E-state index is 0.172. The predicted octanol–water partition coefficient (Wildman–Crippen LogP) is 3.00. The standard InChI is InChI=1S/C10H21NO.C4H8O2/c1-4-5-6-7-8-9-11(3)10(2)12;1-3-6-4(2)5/h4-9H2,1-3H3;3H2,1-2H3. The van der Waals surface area contributed by atoms with E-state index in [1.807, 2.05) is 7.05 Å². The van der Waals surface area contributed by atoms with Gasteiger partial charge in [-0.05, 0) is 13.3 Å². The van der Waals surface area contributed by atoms with Crippen LogP contribution in [0.3, 0.4) is 0 Å². The number of carbonyl (C=O) groups is 2. The molecule has 4 heteroatoms. The van der Waals surface area contributed by atoms with Crippen LogP contribution < -0.4 is 0 Å². The van der Waals surface area contributed by atoms with Crippen molar-refractivity contribution in [3.05, 3.63) is 0 Å². The van der Waals surface area contributed by atoms with E-state index in [2.05, 4.69) is 11.7 Å². The highest BCUT2D eigenvalue weighted by Crippen LogP contribution is 2.02. The molecule has 0 aromatic carbocycles. The monoisotopic (exact) mass is 259 g/mol. The number of hydrogen-bond donors (Lipinski definition) is 0. The Hall–Kier alpha value is -1.06. The highest BCUT2D eigenvalue weighted by atomic mass is 16.5. The summed E-state index contributed by atoms with van der Waals surface area (Å²) in [5.74, 6) is -0.0389. The number of amides is 1. The number of esters is 1. The molecule has 0 aliphatic carbocycles. The number of hydrogen-bond acceptors (Lipinski definition) is 3. The molecule has 4 nitrogen and oxygen atoms in total. The van der Waals surface area contributed by atoms with Crippen molar-refractivity contribution >= 4 is 11.9 Å². The lowest BCUT2D eigenvalue weighted by Gasteiger charge is -2.13. The fourth-order valence-corrected chi connectivity index (χ4v) is 1.31. The molecule has 0 saturated carbocycles. The van der Waals surface area contributed by atoms with E-state index >= 15 is 0 Å². The minimum Gasteiger partial charge on any atom is -0.466 e. The van der Waals surface area contributed by atoms with E-state index in [1.54, 1.807) is 18.7 Å². The van der Waals surface area contributed by atoms with Crippen molar-refractivity contribution in [1.82, 2.24) is 4.90 Å². The molecular formula is C14H29NO3. The van der Waals surface area contributed by atoms with Crippen molar-refractivity contribution in [2.75, 3.05) is 20.2 Å². The van der Waals surface area contributed by atoms with Gasteiger partial charge in [0, 0.05) is 27.4 Å². The highest BCUT2D eigenvalue weighted by molar-refractivity contribution is 5.72. The van der Waals surface area contributed by atoms with Crippen LogP contribution in [-0.2, 0) is 14.3 Å². The Kier molecular flexibility index (Phi) is 15.0. The van der Waals surface area contributed by atoms with Crippen molar-refractivity contribution < 1.29 is 14.3 Å². The third-order valence-electron chi connectivity index (χ3n) is 2.48. The highest BCUT2D eigenvalue weighted by Gasteiger charge is 1.99. The molecule has 1 amide bonds. The van der Waals surface area contributed by atoms with Crippen LogP contribution in [0.25, 0.3) is 0 Å². The normalized spacial score (nSPS) is 9.17. The van der Waals surface area contributed by atoms with E-state index in [4.69, 9.17) is 0 Å². The summed E-state index contributed by atoms with van der Waals surface area (Å²) < 4.78 is 4.40. The zero-order valence-corrected chi connectivity index (χ0v) is 12.6. The van der Waals surface area contributed by atoms with E-state index < -0.39 is 0 Å². The lowest BCUT2D eigenvalue weighted by atomic mass is 10.1. The second-order valence-electron chi connectivity index (χ2n) is 4.28. The van der Waals surface area contributed by atoms with E-state index in [-0.39, 0.29) is 11.9 Å². The first kappa shape index (κ1) is 19.3. The third-order valence-corrected chi connectivity index (χ3v) is 2.48. The molecule has 0 rings (SSSR count). The zero-order chi connectivity index (χ0) is 14.4. The molecule has 108 valence electrons. The van der Waals surface area contributed by atoms with E-state index in [0.717, 1.165) is 13.0 Å². The average molecular weight is 259 g/mol. The van der Waals surface area contributed by atoms with Gasteiger partial charge in [-0.2, -0.15) is 0 Å². The number of nitrogens with zero attached hydrogens (tertiary/aromatic N) is 1. The largest absolute Gasteiger partial charge is 0.466 e. The van der Waals surface area contributed by atoms with Crippen LogP contribution in [0.15, 0.2) is 0 Å². The summed E-state index contributed by atoms with van der Waals surface area (Å²) in [5.41, 5.74) is 0. The molecule has 0 bridgehead atoms. The quantitative estimate of drug-likeness (QED) is 0.521. The van der Waals surface area contributed by atoms with Crippen molar-refractivity contribution in [2.24, 2.45) is 0 Å². The van der Waals surface area contributed by atoms with Crippen molar-refractivity contribution in [3.8, 4) is 0 Å². The lowest BCUT2D eigenvalue weighted by Crippen LogP contribution is -2.24. The summed E-state index contributed by atoms with van der Waals surface area (Å²) in [7, 11) is 1.86. The number of unbranched alkanes of at least 4 members (excludes halogenated alkanes) is 4. The summed E-state index contributed by atoms with van der Waals surface area (Å²) in [5, 5.41) is 0. The third kappa shape index (κ3) is 17.3. The molecule has 0 aliphatic heterocycles. The molecule has 18 heavy (non-hydrogen) atoms. The fourth-order valence-electron chi connectivity index (χ4n) is 1.31. The topological polar surface area (TPSA) is 46.6 Å². The van der Waals surface area contributed by atoms with Crippen LogP contribution in [0.1, 0.15) is 59.8 Å². The first-order valence-electron chi connectivity index (χ1n) is 6.80. The number of carbonyl (C=O) groups excluding carboxylic acids is 2. The molecule has 0 fully saturated rings. The Bertz CT molecular complexity index is 217. The Labute approximate surface area is 112 Å². The Balaban J connectivity index is 0. The van der Waals surface area contributed by atoms with Gasteiger partial charge in [0.25, 0.3) is 0 Å². The molecule has 0 saturated heterocycles. The second kappa shape index (κ2) is 14.0. The SMILES string of the molecule is CCCCCCCN(C)C(C)=O.CCOC(C)=O. The molecule has 0 aromatic heterocycles. The molecule has 0 radical (unpaired) electrons. The van der Waals surface area contributed by atoms with Gasteiger partial charge in [-0.1, -0.05) is 32.6 Å². The van der Waals surface area contributed by atoms with Crippen LogP contribution in [-0.4, -0.2) is 37.0 Å². The van der Waals surface area contributed by atoms with Crippen molar-refractivity contribution in [3.63, 3.8) is 0 Å². The van der Waals surface area contributed by atoms with Crippen molar-refractivity contribution in [1.29, 1.82) is 0 Å². The van der Waals surface area contributed by atoms with Crippen LogP contribution in [0, 0.1) is 0 Å². The van der Waals surface area contributed by atoms with Gasteiger partial charge in [0.05, 0.1) is 6.61 Å². The summed E-state index contributed by atoms with van der Waals surface area (Å²) in [6, 6.07) is 0. The maximum absolute atomic E-state index is 10.8. The predicted molar refractivity (Wildman–Crippen MR) is 74.4 cm³/mol. The van der Waals surface area contributed by atoms with E-state index in [0.29, 0.717) is 6.61 Å².